The zero-order chi connectivity index (χ0) is 15.0. The first-order valence-electron chi connectivity index (χ1n) is 7.04. The fraction of sp³-hybridized carbons (Fsp3) is 0.500. The number of carboxylic acids is 2. The predicted molar refractivity (Wildman–Crippen MR) is 71.5 cm³/mol. The van der Waals surface area contributed by atoms with Crippen molar-refractivity contribution in [3.05, 3.63) is 35.9 Å². The molecular weight excluding hydrogens is 318 g/mol. The number of rotatable bonds is 9. The van der Waals surface area contributed by atoms with Crippen molar-refractivity contribution in [1.82, 2.24) is 0 Å². The van der Waals surface area contributed by atoms with Crippen LogP contribution >= 0.6 is 0 Å². The van der Waals surface area contributed by atoms with Crippen LogP contribution in [-0.4, -0.2) is 11.9 Å². The first-order valence-corrected chi connectivity index (χ1v) is 7.04. The molecule has 1 aromatic rings. The molecule has 0 N–H and O–H groups in total. The molecule has 0 spiro atoms. The average Bonchev–Trinajstić information content (AvgIpc) is 2.43. The van der Waals surface area contributed by atoms with Crippen molar-refractivity contribution < 1.29 is 101 Å². The van der Waals surface area contributed by atoms with E-state index in [0.717, 1.165) is 25.7 Å². The molecule has 1 rings (SSSR count). The van der Waals surface area contributed by atoms with Crippen LogP contribution in [0.15, 0.2) is 30.3 Å². The molecule has 0 bridgehead atoms. The molecule has 0 atom stereocenters. The van der Waals surface area contributed by atoms with Crippen molar-refractivity contribution in [3.8, 4) is 0 Å². The molecule has 110 valence electrons. The van der Waals surface area contributed by atoms with Gasteiger partial charge in [-0.1, -0.05) is 69.4 Å². The SMILES string of the molecule is CCCCCCCC(C(=O)[O-])(C(=O)[O-])c1ccccc1.[K+].[Na+]. The van der Waals surface area contributed by atoms with Gasteiger partial charge >= 0.3 is 80.9 Å². The van der Waals surface area contributed by atoms with Crippen molar-refractivity contribution in [1.29, 1.82) is 0 Å². The second-order valence-electron chi connectivity index (χ2n) is 5.01. The fourth-order valence-corrected chi connectivity index (χ4v) is 2.38. The summed E-state index contributed by atoms with van der Waals surface area (Å²) in [7, 11) is 0. The first kappa shape index (κ1) is 25.0. The van der Waals surface area contributed by atoms with Gasteiger partial charge in [0.2, 0.25) is 0 Å². The molecule has 6 heteroatoms. The van der Waals surface area contributed by atoms with Crippen LogP contribution in [0.25, 0.3) is 0 Å². The quantitative estimate of drug-likeness (QED) is 0.256. The number of carbonyl (C=O) groups is 2. The van der Waals surface area contributed by atoms with E-state index in [1.54, 1.807) is 18.2 Å². The van der Waals surface area contributed by atoms with E-state index in [9.17, 15) is 19.8 Å². The van der Waals surface area contributed by atoms with E-state index in [1.165, 1.54) is 12.1 Å². The summed E-state index contributed by atoms with van der Waals surface area (Å²) < 4.78 is 0. The number of unbranched alkanes of at least 4 members (excludes halogenated alkanes) is 4. The Bertz CT molecular complexity index is 437. The van der Waals surface area contributed by atoms with Crippen LogP contribution in [0.3, 0.4) is 0 Å². The Morgan fingerprint density at radius 3 is 1.91 bits per heavy atom. The number of hydrogen-bond acceptors (Lipinski definition) is 4. The summed E-state index contributed by atoms with van der Waals surface area (Å²) >= 11 is 0. The summed E-state index contributed by atoms with van der Waals surface area (Å²) in [5.74, 6) is -3.20. The van der Waals surface area contributed by atoms with E-state index in [4.69, 9.17) is 0 Å². The molecule has 4 nitrogen and oxygen atoms in total. The van der Waals surface area contributed by atoms with Crippen molar-refractivity contribution in [2.75, 3.05) is 0 Å². The van der Waals surface area contributed by atoms with Gasteiger partial charge in [-0.2, -0.15) is 0 Å². The molecule has 0 unspecified atom stereocenters. The Hall–Kier alpha value is 0.796. The zero-order valence-corrected chi connectivity index (χ0v) is 18.9. The summed E-state index contributed by atoms with van der Waals surface area (Å²) in [5, 5.41) is 22.9. The molecule has 0 aliphatic carbocycles. The third-order valence-electron chi connectivity index (χ3n) is 3.62. The molecule has 0 radical (unpaired) electrons. The van der Waals surface area contributed by atoms with Gasteiger partial charge in [-0.05, 0) is 12.0 Å². The minimum atomic E-state index is -2.05. The van der Waals surface area contributed by atoms with Gasteiger partial charge < -0.3 is 19.8 Å². The van der Waals surface area contributed by atoms with E-state index < -0.39 is 17.4 Å². The first-order chi connectivity index (χ1) is 9.55. The number of carbonyl (C=O) groups excluding carboxylic acids is 2. The van der Waals surface area contributed by atoms with Gasteiger partial charge in [-0.15, -0.1) is 0 Å². The third kappa shape index (κ3) is 6.73. The van der Waals surface area contributed by atoms with Crippen LogP contribution < -0.4 is 91.2 Å². The van der Waals surface area contributed by atoms with Gasteiger partial charge in [0.15, 0.2) is 0 Å². The van der Waals surface area contributed by atoms with E-state index in [-0.39, 0.29) is 92.9 Å². The molecule has 0 aliphatic rings. The van der Waals surface area contributed by atoms with Gasteiger partial charge in [0.05, 0.1) is 17.4 Å². The molecule has 0 fully saturated rings. The molecule has 0 heterocycles. The summed E-state index contributed by atoms with van der Waals surface area (Å²) in [4.78, 5) is 22.9. The van der Waals surface area contributed by atoms with Crippen LogP contribution in [0.2, 0.25) is 0 Å². The largest absolute Gasteiger partial charge is 1.00 e. The Balaban J connectivity index is 0. The summed E-state index contributed by atoms with van der Waals surface area (Å²) in [6.45, 7) is 2.08. The van der Waals surface area contributed by atoms with E-state index in [0.29, 0.717) is 6.42 Å². The van der Waals surface area contributed by atoms with Gasteiger partial charge in [-0.25, -0.2) is 0 Å². The molecule has 0 amide bonds. The van der Waals surface area contributed by atoms with Crippen molar-refractivity contribution >= 4 is 11.9 Å². The average molecular weight is 338 g/mol. The van der Waals surface area contributed by atoms with Crippen molar-refractivity contribution in [2.24, 2.45) is 0 Å². The van der Waals surface area contributed by atoms with E-state index in [2.05, 4.69) is 6.92 Å². The number of hydrogen-bond donors (Lipinski definition) is 0. The Morgan fingerprint density at radius 1 is 0.955 bits per heavy atom. The molecular formula is C16H20KNaO4. The molecule has 22 heavy (non-hydrogen) atoms. The summed E-state index contributed by atoms with van der Waals surface area (Å²) in [6.07, 6.45) is 4.45. The minimum absolute atomic E-state index is 0. The van der Waals surface area contributed by atoms with E-state index in [1.807, 2.05) is 0 Å². The number of benzene rings is 1. The Morgan fingerprint density at radius 2 is 1.45 bits per heavy atom. The maximum absolute atomic E-state index is 11.5. The Labute approximate surface area is 196 Å². The topological polar surface area (TPSA) is 80.3 Å². The second kappa shape index (κ2) is 13.1. The second-order valence-corrected chi connectivity index (χ2v) is 5.01. The summed E-state index contributed by atoms with van der Waals surface area (Å²) in [5.41, 5.74) is -1.83. The van der Waals surface area contributed by atoms with Gasteiger partial charge in [0.1, 0.15) is 0 Å². The monoisotopic (exact) mass is 338 g/mol. The molecule has 0 aliphatic heterocycles. The molecule has 0 saturated heterocycles. The number of carboxylic acid groups (broad SMARTS) is 2. The zero-order valence-electron chi connectivity index (χ0n) is 13.8. The van der Waals surface area contributed by atoms with Gasteiger partial charge in [0, 0.05) is 0 Å². The standard InChI is InChI=1S/C16H22O4.K.Na/c1-2-3-4-5-9-12-16(14(17)18,15(19)20)13-10-7-6-8-11-13;;/h6-8,10-11H,2-5,9,12H2,1H3,(H,17,18)(H,19,20);;/q;2*+1/p-2. The maximum atomic E-state index is 11.5. The molecule has 1 aromatic carbocycles. The third-order valence-corrected chi connectivity index (χ3v) is 3.62. The minimum Gasteiger partial charge on any atom is -0.549 e. The Kier molecular flexibility index (Phi) is 14.9. The summed E-state index contributed by atoms with van der Waals surface area (Å²) in [6, 6.07) is 7.94. The van der Waals surface area contributed by atoms with Gasteiger partial charge in [-0.3, -0.25) is 0 Å². The normalized spacial score (nSPS) is 10.2. The van der Waals surface area contributed by atoms with Crippen LogP contribution in [-0.2, 0) is 15.0 Å². The molecule has 0 saturated carbocycles. The van der Waals surface area contributed by atoms with Gasteiger partial charge in [0.25, 0.3) is 0 Å². The van der Waals surface area contributed by atoms with Crippen LogP contribution in [0.1, 0.15) is 51.0 Å². The van der Waals surface area contributed by atoms with Crippen LogP contribution in [0.4, 0.5) is 0 Å². The van der Waals surface area contributed by atoms with Crippen LogP contribution in [0.5, 0.6) is 0 Å². The van der Waals surface area contributed by atoms with E-state index >= 15 is 0 Å². The van der Waals surface area contributed by atoms with Crippen molar-refractivity contribution in [3.63, 3.8) is 0 Å². The maximum Gasteiger partial charge on any atom is 1.00 e. The fourth-order valence-electron chi connectivity index (χ4n) is 2.38. The van der Waals surface area contributed by atoms with Crippen molar-refractivity contribution in [2.45, 2.75) is 50.9 Å². The van der Waals surface area contributed by atoms with Crippen LogP contribution in [0, 0.1) is 0 Å². The predicted octanol–water partition coefficient (Wildman–Crippen LogP) is -5.21. The smallest absolute Gasteiger partial charge is 0.549 e. The molecule has 0 aromatic heterocycles. The number of aliphatic carboxylic acids is 2.